The Morgan fingerprint density at radius 1 is 0.839 bits per heavy atom. The Balaban J connectivity index is 1.54. The van der Waals surface area contributed by atoms with Gasteiger partial charge in [-0.25, -0.2) is 4.79 Å². The molecule has 0 aromatic heterocycles. The number of carbonyl (C=O) groups excluding carboxylic acids is 3. The number of anilines is 1. The molecule has 0 atom stereocenters. The molecule has 0 fully saturated rings. The second-order valence-corrected chi connectivity index (χ2v) is 6.55. The highest BCUT2D eigenvalue weighted by Crippen LogP contribution is 2.20. The van der Waals surface area contributed by atoms with Gasteiger partial charge in [0.05, 0.1) is 0 Å². The van der Waals surface area contributed by atoms with E-state index in [1.807, 2.05) is 30.3 Å². The summed E-state index contributed by atoms with van der Waals surface area (Å²) in [7, 11) is 1.54. The van der Waals surface area contributed by atoms with Crippen molar-refractivity contribution >= 4 is 23.5 Å². The number of ether oxygens (including phenoxy) is 2. The molecule has 0 aliphatic carbocycles. The molecule has 0 unspecified atom stereocenters. The lowest BCUT2D eigenvalue weighted by Crippen LogP contribution is -2.21. The highest BCUT2D eigenvalue weighted by molar-refractivity contribution is 5.97. The molecule has 158 valence electrons. The van der Waals surface area contributed by atoms with Gasteiger partial charge in [-0.15, -0.1) is 0 Å². The first-order valence-corrected chi connectivity index (χ1v) is 9.61. The number of para-hydroxylation sites is 1. The molecule has 0 aliphatic rings. The van der Waals surface area contributed by atoms with Gasteiger partial charge in [0, 0.05) is 18.3 Å². The van der Waals surface area contributed by atoms with Crippen LogP contribution >= 0.6 is 0 Å². The third kappa shape index (κ3) is 6.17. The molecular weight excluding hydrogens is 396 g/mol. The van der Waals surface area contributed by atoms with Crippen LogP contribution in [-0.2, 0) is 16.1 Å². The first-order chi connectivity index (χ1) is 15.1. The van der Waals surface area contributed by atoms with Crippen molar-refractivity contribution in [1.29, 1.82) is 0 Å². The van der Waals surface area contributed by atoms with Crippen LogP contribution in [0.3, 0.4) is 0 Å². The predicted molar refractivity (Wildman–Crippen MR) is 116 cm³/mol. The van der Waals surface area contributed by atoms with E-state index < -0.39 is 18.5 Å². The summed E-state index contributed by atoms with van der Waals surface area (Å²) < 4.78 is 10.9. The summed E-state index contributed by atoms with van der Waals surface area (Å²) in [4.78, 5) is 36.1. The quantitative estimate of drug-likeness (QED) is 0.547. The third-order valence-corrected chi connectivity index (χ3v) is 4.34. The van der Waals surface area contributed by atoms with Crippen LogP contribution in [0.5, 0.6) is 5.75 Å². The van der Waals surface area contributed by atoms with Crippen molar-refractivity contribution in [2.45, 2.75) is 6.61 Å². The molecule has 31 heavy (non-hydrogen) atoms. The zero-order valence-corrected chi connectivity index (χ0v) is 17.0. The van der Waals surface area contributed by atoms with Crippen molar-refractivity contribution in [1.82, 2.24) is 5.32 Å². The number of rotatable bonds is 8. The van der Waals surface area contributed by atoms with Gasteiger partial charge in [-0.1, -0.05) is 42.5 Å². The average molecular weight is 418 g/mol. The summed E-state index contributed by atoms with van der Waals surface area (Å²) in [6.45, 7) is -0.152. The maximum Gasteiger partial charge on any atom is 0.342 e. The van der Waals surface area contributed by atoms with Crippen molar-refractivity contribution in [3.63, 3.8) is 0 Å². The highest BCUT2D eigenvalue weighted by Gasteiger charge is 2.15. The minimum absolute atomic E-state index is 0.222. The van der Waals surface area contributed by atoms with Crippen LogP contribution < -0.4 is 15.4 Å². The maximum atomic E-state index is 12.5. The van der Waals surface area contributed by atoms with Gasteiger partial charge >= 0.3 is 5.97 Å². The molecule has 0 spiro atoms. The Kier molecular flexibility index (Phi) is 7.37. The molecule has 0 bridgehead atoms. The minimum Gasteiger partial charge on any atom is -0.488 e. The number of carbonyl (C=O) groups is 3. The summed E-state index contributed by atoms with van der Waals surface area (Å²) in [5.74, 6) is -1.00. The van der Waals surface area contributed by atoms with Crippen molar-refractivity contribution in [2.24, 2.45) is 0 Å². The summed E-state index contributed by atoms with van der Waals surface area (Å²) in [5.41, 5.74) is 2.16. The van der Waals surface area contributed by atoms with Gasteiger partial charge in [0.15, 0.2) is 6.61 Å². The summed E-state index contributed by atoms with van der Waals surface area (Å²) in [5, 5.41) is 5.13. The van der Waals surface area contributed by atoms with Gasteiger partial charge in [-0.2, -0.15) is 0 Å². The van der Waals surface area contributed by atoms with Gasteiger partial charge in [0.2, 0.25) is 0 Å². The molecule has 3 aromatic rings. The number of nitrogens with one attached hydrogen (secondary N) is 2. The number of esters is 1. The van der Waals surface area contributed by atoms with Crippen LogP contribution in [0.2, 0.25) is 0 Å². The van der Waals surface area contributed by atoms with E-state index in [0.29, 0.717) is 23.6 Å². The van der Waals surface area contributed by atoms with Crippen LogP contribution in [0, 0.1) is 0 Å². The molecule has 7 heteroatoms. The zero-order valence-electron chi connectivity index (χ0n) is 17.0. The first-order valence-electron chi connectivity index (χ1n) is 9.61. The lowest BCUT2D eigenvalue weighted by Gasteiger charge is -2.11. The summed E-state index contributed by atoms with van der Waals surface area (Å²) in [6.07, 6.45) is 0. The minimum atomic E-state index is -0.659. The molecule has 0 aliphatic heterocycles. The largest absolute Gasteiger partial charge is 0.488 e. The SMILES string of the molecule is CNC(=O)c1ccc(NC(=O)COC(=O)c2ccccc2OCc2ccccc2)cc1. The lowest BCUT2D eigenvalue weighted by atomic mass is 10.2. The summed E-state index contributed by atoms with van der Waals surface area (Å²) in [6, 6.07) is 22.6. The molecule has 2 N–H and O–H groups in total. The second-order valence-electron chi connectivity index (χ2n) is 6.55. The molecule has 0 radical (unpaired) electrons. The van der Waals surface area contributed by atoms with Gasteiger partial charge in [0.25, 0.3) is 11.8 Å². The average Bonchev–Trinajstić information content (AvgIpc) is 2.82. The fourth-order valence-corrected chi connectivity index (χ4v) is 2.75. The molecule has 2 amide bonds. The predicted octanol–water partition coefficient (Wildman–Crippen LogP) is 3.42. The molecule has 0 saturated heterocycles. The second kappa shape index (κ2) is 10.6. The topological polar surface area (TPSA) is 93.7 Å². The van der Waals surface area contributed by atoms with Gasteiger partial charge in [0.1, 0.15) is 17.9 Å². The monoisotopic (exact) mass is 418 g/mol. The Morgan fingerprint density at radius 3 is 2.23 bits per heavy atom. The Hall–Kier alpha value is -4.13. The van der Waals surface area contributed by atoms with Crippen molar-refractivity contribution in [3.05, 3.63) is 95.6 Å². The zero-order chi connectivity index (χ0) is 22.1. The highest BCUT2D eigenvalue weighted by atomic mass is 16.5. The Labute approximate surface area is 180 Å². The molecule has 3 aromatic carbocycles. The fraction of sp³-hybridized carbons (Fsp3) is 0.125. The number of amides is 2. The number of hydrogen-bond acceptors (Lipinski definition) is 5. The van der Waals surface area contributed by atoms with E-state index in [1.54, 1.807) is 48.5 Å². The van der Waals surface area contributed by atoms with Gasteiger partial charge in [-0.05, 0) is 42.0 Å². The Morgan fingerprint density at radius 2 is 1.52 bits per heavy atom. The van der Waals surface area contributed by atoms with Crippen LogP contribution in [0.1, 0.15) is 26.3 Å². The normalized spacial score (nSPS) is 10.1. The lowest BCUT2D eigenvalue weighted by molar-refractivity contribution is -0.119. The standard InChI is InChI=1S/C24H22N2O5/c1-25-23(28)18-11-13-19(14-12-18)26-22(27)16-31-24(29)20-9-5-6-10-21(20)30-15-17-7-3-2-4-8-17/h2-14H,15-16H2,1H3,(H,25,28)(H,26,27). The maximum absolute atomic E-state index is 12.5. The molecular formula is C24H22N2O5. The van der Waals surface area contributed by atoms with E-state index in [9.17, 15) is 14.4 Å². The van der Waals surface area contributed by atoms with Crippen molar-refractivity contribution in [2.75, 3.05) is 19.0 Å². The molecule has 0 heterocycles. The van der Waals surface area contributed by atoms with Crippen LogP contribution in [0.25, 0.3) is 0 Å². The number of benzene rings is 3. The van der Waals surface area contributed by atoms with Crippen LogP contribution in [0.4, 0.5) is 5.69 Å². The number of hydrogen-bond donors (Lipinski definition) is 2. The fourth-order valence-electron chi connectivity index (χ4n) is 2.75. The molecule has 7 nitrogen and oxygen atoms in total. The Bertz CT molecular complexity index is 1050. The van der Waals surface area contributed by atoms with E-state index in [1.165, 1.54) is 7.05 Å². The smallest absolute Gasteiger partial charge is 0.342 e. The van der Waals surface area contributed by atoms with Crippen molar-refractivity contribution < 1.29 is 23.9 Å². The third-order valence-electron chi connectivity index (χ3n) is 4.34. The van der Waals surface area contributed by atoms with Crippen molar-refractivity contribution in [3.8, 4) is 5.75 Å². The van der Waals surface area contributed by atoms with E-state index in [0.717, 1.165) is 5.56 Å². The van der Waals surface area contributed by atoms with Crippen LogP contribution in [0.15, 0.2) is 78.9 Å². The molecule has 3 rings (SSSR count). The van der Waals surface area contributed by atoms with Gasteiger partial charge < -0.3 is 20.1 Å². The first kappa shape index (κ1) is 21.6. The van der Waals surface area contributed by atoms with Crippen LogP contribution in [-0.4, -0.2) is 31.4 Å². The van der Waals surface area contributed by atoms with E-state index in [-0.39, 0.29) is 11.5 Å². The van der Waals surface area contributed by atoms with E-state index >= 15 is 0 Å². The molecule has 0 saturated carbocycles. The summed E-state index contributed by atoms with van der Waals surface area (Å²) >= 11 is 0. The van der Waals surface area contributed by atoms with E-state index in [2.05, 4.69) is 10.6 Å². The van der Waals surface area contributed by atoms with Gasteiger partial charge in [-0.3, -0.25) is 9.59 Å². The van der Waals surface area contributed by atoms with E-state index in [4.69, 9.17) is 9.47 Å².